The summed E-state index contributed by atoms with van der Waals surface area (Å²) >= 11 is 0. The highest BCUT2D eigenvalue weighted by atomic mass is 16.6. The summed E-state index contributed by atoms with van der Waals surface area (Å²) < 4.78 is 5.04. The normalized spacial score (nSPS) is 11.1. The number of anilines is 1. The maximum atomic E-state index is 12.3. The number of carbonyl (C=O) groups excluding carboxylic acids is 2. The molecular weight excluding hydrogens is 388 g/mol. The van der Waals surface area contributed by atoms with Crippen LogP contribution in [0.15, 0.2) is 70.4 Å². The third-order valence-corrected chi connectivity index (χ3v) is 4.30. The second-order valence-electron chi connectivity index (χ2n) is 6.41. The molecule has 0 atom stereocenters. The van der Waals surface area contributed by atoms with Crippen LogP contribution in [0, 0.1) is 17.0 Å². The van der Waals surface area contributed by atoms with Gasteiger partial charge in [0.25, 0.3) is 17.5 Å². The number of rotatable bonds is 6. The minimum Gasteiger partial charge on any atom is -0.459 e. The van der Waals surface area contributed by atoms with Crippen molar-refractivity contribution in [2.24, 2.45) is 5.10 Å². The number of hydrazone groups is 1. The van der Waals surface area contributed by atoms with Crippen molar-refractivity contribution < 1.29 is 18.9 Å². The molecule has 2 N–H and O–H groups in total. The van der Waals surface area contributed by atoms with E-state index in [-0.39, 0.29) is 22.9 Å². The number of hydrogen-bond donors (Lipinski definition) is 2. The predicted molar refractivity (Wildman–Crippen MR) is 111 cm³/mol. The second kappa shape index (κ2) is 8.82. The van der Waals surface area contributed by atoms with Gasteiger partial charge in [0.2, 0.25) is 0 Å². The fraction of sp³-hybridized carbons (Fsp3) is 0.0952. The summed E-state index contributed by atoms with van der Waals surface area (Å²) in [7, 11) is 0. The lowest BCUT2D eigenvalue weighted by atomic mass is 10.1. The van der Waals surface area contributed by atoms with Gasteiger partial charge in [-0.2, -0.15) is 5.10 Å². The van der Waals surface area contributed by atoms with Gasteiger partial charge in [0.05, 0.1) is 16.9 Å². The van der Waals surface area contributed by atoms with E-state index in [1.807, 2.05) is 0 Å². The van der Waals surface area contributed by atoms with Crippen molar-refractivity contribution in [3.8, 4) is 0 Å². The molecule has 1 heterocycles. The molecule has 2 aromatic carbocycles. The number of nitro benzene ring substituents is 1. The number of benzene rings is 2. The minimum atomic E-state index is -0.556. The van der Waals surface area contributed by atoms with Crippen molar-refractivity contribution in [2.75, 3.05) is 5.32 Å². The van der Waals surface area contributed by atoms with E-state index in [2.05, 4.69) is 15.8 Å². The number of furan rings is 1. The third kappa shape index (κ3) is 4.76. The Bertz CT molecular complexity index is 1120. The summed E-state index contributed by atoms with van der Waals surface area (Å²) in [6, 6.07) is 14.3. The van der Waals surface area contributed by atoms with Crippen LogP contribution < -0.4 is 10.7 Å². The molecule has 3 aromatic rings. The lowest BCUT2D eigenvalue weighted by Gasteiger charge is -2.06. The first-order chi connectivity index (χ1) is 14.3. The highest BCUT2D eigenvalue weighted by Gasteiger charge is 2.15. The predicted octanol–water partition coefficient (Wildman–Crippen LogP) is 3.90. The van der Waals surface area contributed by atoms with Crippen molar-refractivity contribution in [2.45, 2.75) is 13.8 Å². The molecule has 0 saturated carbocycles. The maximum Gasteiger partial charge on any atom is 0.291 e. The molecular formula is C21H18N4O5. The van der Waals surface area contributed by atoms with Gasteiger partial charge in [-0.15, -0.1) is 0 Å². The number of carbonyl (C=O) groups is 2. The zero-order valence-electron chi connectivity index (χ0n) is 16.2. The molecule has 0 aliphatic carbocycles. The molecule has 152 valence electrons. The van der Waals surface area contributed by atoms with Gasteiger partial charge in [0.15, 0.2) is 5.76 Å². The summed E-state index contributed by atoms with van der Waals surface area (Å²) in [6.45, 7) is 3.30. The first-order valence-corrected chi connectivity index (χ1v) is 8.90. The second-order valence-corrected chi connectivity index (χ2v) is 6.41. The molecule has 1 aromatic heterocycles. The van der Waals surface area contributed by atoms with Crippen LogP contribution >= 0.6 is 0 Å². The Morgan fingerprint density at radius 3 is 2.37 bits per heavy atom. The van der Waals surface area contributed by atoms with Crippen LogP contribution in [0.25, 0.3) is 0 Å². The van der Waals surface area contributed by atoms with Crippen molar-refractivity contribution in [1.82, 2.24) is 5.43 Å². The van der Waals surface area contributed by atoms with E-state index in [1.54, 1.807) is 50.2 Å². The van der Waals surface area contributed by atoms with Crippen molar-refractivity contribution >= 4 is 28.9 Å². The topological polar surface area (TPSA) is 127 Å². The molecule has 30 heavy (non-hydrogen) atoms. The molecule has 0 radical (unpaired) electrons. The number of nitrogens with one attached hydrogen (secondary N) is 2. The number of hydrogen-bond acceptors (Lipinski definition) is 6. The molecule has 0 aliphatic heterocycles. The zero-order chi connectivity index (χ0) is 21.7. The Hall–Kier alpha value is -4.27. The largest absolute Gasteiger partial charge is 0.459 e. The molecule has 0 aliphatic rings. The van der Waals surface area contributed by atoms with Gasteiger partial charge in [-0.25, -0.2) is 5.43 Å². The van der Waals surface area contributed by atoms with E-state index in [1.165, 1.54) is 24.5 Å². The molecule has 0 spiro atoms. The van der Waals surface area contributed by atoms with Gasteiger partial charge in [-0.05, 0) is 49.7 Å². The third-order valence-electron chi connectivity index (χ3n) is 4.30. The summed E-state index contributed by atoms with van der Waals surface area (Å²) in [5.41, 5.74) is 4.69. The Kier molecular flexibility index (Phi) is 6.02. The first kappa shape index (κ1) is 20.5. The highest BCUT2D eigenvalue weighted by molar-refractivity contribution is 6.03. The lowest BCUT2D eigenvalue weighted by molar-refractivity contribution is -0.385. The van der Waals surface area contributed by atoms with Crippen LogP contribution in [0.2, 0.25) is 0 Å². The Labute approximate surface area is 171 Å². The van der Waals surface area contributed by atoms with E-state index in [0.29, 0.717) is 17.0 Å². The zero-order valence-corrected chi connectivity index (χ0v) is 16.2. The first-order valence-electron chi connectivity index (χ1n) is 8.90. The SMILES string of the molecule is CC(=NNC(=O)c1ccc(C)c([N+](=O)[O-])c1)c1ccc(NC(=O)c2ccco2)cc1. The van der Waals surface area contributed by atoms with Gasteiger partial charge in [0, 0.05) is 22.9 Å². The fourth-order valence-corrected chi connectivity index (χ4v) is 2.61. The van der Waals surface area contributed by atoms with Crippen LogP contribution in [0.1, 0.15) is 39.0 Å². The Morgan fingerprint density at radius 2 is 1.73 bits per heavy atom. The molecule has 9 heteroatoms. The lowest BCUT2D eigenvalue weighted by Crippen LogP contribution is -2.19. The van der Waals surface area contributed by atoms with Crippen molar-refractivity contribution in [3.63, 3.8) is 0 Å². The number of nitro groups is 1. The quantitative estimate of drug-likeness (QED) is 0.365. The van der Waals surface area contributed by atoms with E-state index < -0.39 is 10.8 Å². The Balaban J connectivity index is 1.65. The fourth-order valence-electron chi connectivity index (χ4n) is 2.61. The standard InChI is InChI=1S/C21H18N4O5/c1-13-5-6-16(12-18(13)25(28)29)20(26)24-23-14(2)15-7-9-17(10-8-15)22-21(27)19-4-3-11-30-19/h3-12H,1-2H3,(H,22,27)(H,24,26). The average Bonchev–Trinajstić information content (AvgIpc) is 3.27. The van der Waals surface area contributed by atoms with Gasteiger partial charge < -0.3 is 9.73 Å². The number of nitrogens with zero attached hydrogens (tertiary/aromatic N) is 2. The number of aryl methyl sites for hydroxylation is 1. The molecule has 0 bridgehead atoms. The highest BCUT2D eigenvalue weighted by Crippen LogP contribution is 2.19. The van der Waals surface area contributed by atoms with Crippen molar-refractivity contribution in [3.05, 3.63) is 93.4 Å². The van der Waals surface area contributed by atoms with Crippen LogP contribution in [0.3, 0.4) is 0 Å². The van der Waals surface area contributed by atoms with Crippen molar-refractivity contribution in [1.29, 1.82) is 0 Å². The summed E-state index contributed by atoms with van der Waals surface area (Å²) in [4.78, 5) is 34.7. The van der Waals surface area contributed by atoms with Gasteiger partial charge in [0.1, 0.15) is 0 Å². The van der Waals surface area contributed by atoms with Gasteiger partial charge in [-0.3, -0.25) is 19.7 Å². The summed E-state index contributed by atoms with van der Waals surface area (Å²) in [5, 5.41) is 17.8. The monoisotopic (exact) mass is 406 g/mol. The van der Waals surface area contributed by atoms with Gasteiger partial charge in [-0.1, -0.05) is 18.2 Å². The van der Waals surface area contributed by atoms with E-state index in [9.17, 15) is 19.7 Å². The maximum absolute atomic E-state index is 12.3. The Morgan fingerprint density at radius 1 is 1.03 bits per heavy atom. The smallest absolute Gasteiger partial charge is 0.291 e. The van der Waals surface area contributed by atoms with Gasteiger partial charge >= 0.3 is 0 Å². The number of amides is 2. The van der Waals surface area contributed by atoms with E-state index in [4.69, 9.17) is 4.42 Å². The minimum absolute atomic E-state index is 0.129. The van der Waals surface area contributed by atoms with Crippen LogP contribution in [0.4, 0.5) is 11.4 Å². The molecule has 3 rings (SSSR count). The van der Waals surface area contributed by atoms with Crippen LogP contribution in [-0.4, -0.2) is 22.4 Å². The molecule has 9 nitrogen and oxygen atoms in total. The summed E-state index contributed by atoms with van der Waals surface area (Å²) in [5.74, 6) is -0.715. The summed E-state index contributed by atoms with van der Waals surface area (Å²) in [6.07, 6.45) is 1.42. The molecule has 2 amide bonds. The molecule has 0 fully saturated rings. The van der Waals surface area contributed by atoms with E-state index in [0.717, 1.165) is 5.56 Å². The average molecular weight is 406 g/mol. The molecule has 0 unspecified atom stereocenters. The van der Waals surface area contributed by atoms with Crippen LogP contribution in [0.5, 0.6) is 0 Å². The van der Waals surface area contributed by atoms with Crippen LogP contribution in [-0.2, 0) is 0 Å². The molecule has 0 saturated heterocycles. The van der Waals surface area contributed by atoms with E-state index >= 15 is 0 Å².